The van der Waals surface area contributed by atoms with Crippen molar-refractivity contribution in [1.82, 2.24) is 19.7 Å². The lowest BCUT2D eigenvalue weighted by Gasteiger charge is -2.27. The molecule has 5 heteroatoms. The molecule has 3 rings (SSSR count). The number of amides is 1. The van der Waals surface area contributed by atoms with E-state index >= 15 is 0 Å². The van der Waals surface area contributed by atoms with Crippen molar-refractivity contribution in [3.05, 3.63) is 47.0 Å². The Kier molecular flexibility index (Phi) is 2.81. The van der Waals surface area contributed by atoms with E-state index in [1.54, 1.807) is 0 Å². The monoisotopic (exact) mass is 256 g/mol. The first kappa shape index (κ1) is 11.9. The average molecular weight is 256 g/mol. The van der Waals surface area contributed by atoms with Gasteiger partial charge in [-0.3, -0.25) is 4.79 Å². The number of hydrogen-bond acceptors (Lipinski definition) is 3. The Morgan fingerprint density at radius 1 is 1.11 bits per heavy atom. The van der Waals surface area contributed by atoms with Crippen LogP contribution in [0.1, 0.15) is 27.6 Å². The van der Waals surface area contributed by atoms with Crippen molar-refractivity contribution in [2.24, 2.45) is 0 Å². The van der Waals surface area contributed by atoms with Gasteiger partial charge in [-0.1, -0.05) is 17.7 Å². The van der Waals surface area contributed by atoms with E-state index in [0.29, 0.717) is 13.1 Å². The number of hydrogen-bond donors (Lipinski definition) is 0. The summed E-state index contributed by atoms with van der Waals surface area (Å²) < 4.78 is 2.07. The normalized spacial score (nSPS) is 14.3. The van der Waals surface area contributed by atoms with Crippen LogP contribution in [0.2, 0.25) is 0 Å². The first-order valence-electron chi connectivity index (χ1n) is 6.40. The number of benzene rings is 1. The van der Waals surface area contributed by atoms with E-state index in [1.165, 1.54) is 0 Å². The Labute approximate surface area is 111 Å². The quantitative estimate of drug-likeness (QED) is 0.778. The zero-order valence-corrected chi connectivity index (χ0v) is 11.1. The van der Waals surface area contributed by atoms with Crippen LogP contribution in [0, 0.1) is 13.8 Å². The van der Waals surface area contributed by atoms with Gasteiger partial charge in [0.25, 0.3) is 5.91 Å². The second kappa shape index (κ2) is 4.50. The average Bonchev–Trinajstić information content (AvgIpc) is 2.80. The van der Waals surface area contributed by atoms with Gasteiger partial charge in [0.05, 0.1) is 6.54 Å². The van der Waals surface area contributed by atoms with Gasteiger partial charge in [0.2, 0.25) is 0 Å². The molecule has 5 nitrogen and oxygen atoms in total. The highest BCUT2D eigenvalue weighted by Crippen LogP contribution is 2.15. The molecule has 0 saturated heterocycles. The largest absolute Gasteiger partial charge is 0.329 e. The Bertz CT molecular complexity index is 615. The molecule has 0 atom stereocenters. The van der Waals surface area contributed by atoms with Gasteiger partial charge in [-0.05, 0) is 26.0 Å². The van der Waals surface area contributed by atoms with E-state index in [0.717, 1.165) is 29.3 Å². The van der Waals surface area contributed by atoms with Gasteiger partial charge < -0.3 is 9.47 Å². The van der Waals surface area contributed by atoms with Crippen LogP contribution in [0.5, 0.6) is 0 Å². The van der Waals surface area contributed by atoms with Crippen LogP contribution >= 0.6 is 0 Å². The van der Waals surface area contributed by atoms with Crippen LogP contribution in [0.4, 0.5) is 0 Å². The molecule has 0 saturated carbocycles. The summed E-state index contributed by atoms with van der Waals surface area (Å²) in [4.78, 5) is 14.2. The number of fused-ring (bicyclic) bond motifs is 1. The van der Waals surface area contributed by atoms with Gasteiger partial charge in [-0.2, -0.15) is 0 Å². The smallest absolute Gasteiger partial charge is 0.254 e. The molecule has 0 N–H and O–H groups in total. The molecular weight excluding hydrogens is 240 g/mol. The Balaban J connectivity index is 1.81. The number of carbonyl (C=O) groups excluding carboxylic acids is 1. The minimum Gasteiger partial charge on any atom is -0.329 e. The zero-order chi connectivity index (χ0) is 13.4. The van der Waals surface area contributed by atoms with Gasteiger partial charge in [-0.25, -0.2) is 0 Å². The van der Waals surface area contributed by atoms with Crippen LogP contribution in [-0.4, -0.2) is 32.1 Å². The summed E-state index contributed by atoms with van der Waals surface area (Å²) in [6.07, 6.45) is 0. The van der Waals surface area contributed by atoms with Gasteiger partial charge in [0, 0.05) is 18.7 Å². The van der Waals surface area contributed by atoms with Gasteiger partial charge in [0.1, 0.15) is 5.82 Å². The molecule has 0 radical (unpaired) electrons. The standard InChI is InChI=1S/C14H16N4O/c1-10-3-5-12(6-4-10)14(19)17-7-8-18-11(2)15-16-13(18)9-17/h3-6H,7-9H2,1-2H3. The Hall–Kier alpha value is -2.17. The first-order chi connectivity index (χ1) is 9.15. The molecule has 2 aromatic rings. The van der Waals surface area contributed by atoms with E-state index in [1.807, 2.05) is 43.0 Å². The SMILES string of the molecule is Cc1ccc(C(=O)N2CCn3c(C)nnc3C2)cc1. The van der Waals surface area contributed by atoms with Crippen LogP contribution < -0.4 is 0 Å². The number of aromatic nitrogens is 3. The zero-order valence-electron chi connectivity index (χ0n) is 11.1. The summed E-state index contributed by atoms with van der Waals surface area (Å²) in [5.74, 6) is 1.84. The summed E-state index contributed by atoms with van der Waals surface area (Å²) >= 11 is 0. The molecule has 19 heavy (non-hydrogen) atoms. The molecular formula is C14H16N4O. The van der Waals surface area contributed by atoms with E-state index in [9.17, 15) is 4.79 Å². The summed E-state index contributed by atoms with van der Waals surface area (Å²) in [6, 6.07) is 7.68. The number of aryl methyl sites for hydroxylation is 2. The van der Waals surface area contributed by atoms with E-state index in [-0.39, 0.29) is 5.91 Å². The molecule has 1 aromatic carbocycles. The minimum atomic E-state index is 0.0619. The molecule has 0 unspecified atom stereocenters. The van der Waals surface area contributed by atoms with Crippen molar-refractivity contribution in [3.63, 3.8) is 0 Å². The lowest BCUT2D eigenvalue weighted by atomic mass is 10.1. The molecule has 0 aliphatic carbocycles. The van der Waals surface area contributed by atoms with E-state index in [2.05, 4.69) is 14.8 Å². The maximum Gasteiger partial charge on any atom is 0.254 e. The van der Waals surface area contributed by atoms with Crippen molar-refractivity contribution in [3.8, 4) is 0 Å². The first-order valence-corrected chi connectivity index (χ1v) is 6.40. The molecule has 1 aliphatic rings. The molecule has 1 amide bonds. The maximum atomic E-state index is 12.4. The van der Waals surface area contributed by atoms with E-state index < -0.39 is 0 Å². The summed E-state index contributed by atoms with van der Waals surface area (Å²) in [7, 11) is 0. The second-order valence-corrected chi connectivity index (χ2v) is 4.91. The third kappa shape index (κ3) is 2.12. The predicted octanol–water partition coefficient (Wildman–Crippen LogP) is 1.55. The Morgan fingerprint density at radius 2 is 1.84 bits per heavy atom. The maximum absolute atomic E-state index is 12.4. The molecule has 0 bridgehead atoms. The van der Waals surface area contributed by atoms with Crippen LogP contribution in [0.3, 0.4) is 0 Å². The molecule has 2 heterocycles. The van der Waals surface area contributed by atoms with Crippen molar-refractivity contribution in [2.45, 2.75) is 26.9 Å². The Morgan fingerprint density at radius 3 is 2.58 bits per heavy atom. The lowest BCUT2D eigenvalue weighted by Crippen LogP contribution is -2.38. The number of rotatable bonds is 1. The highest BCUT2D eigenvalue weighted by atomic mass is 16.2. The third-order valence-corrected chi connectivity index (χ3v) is 3.52. The third-order valence-electron chi connectivity index (χ3n) is 3.52. The predicted molar refractivity (Wildman–Crippen MR) is 70.7 cm³/mol. The highest BCUT2D eigenvalue weighted by Gasteiger charge is 2.23. The molecule has 0 spiro atoms. The number of carbonyl (C=O) groups is 1. The van der Waals surface area contributed by atoms with Crippen molar-refractivity contribution in [2.75, 3.05) is 6.54 Å². The summed E-state index contributed by atoms with van der Waals surface area (Å²) in [6.45, 7) is 5.96. The van der Waals surface area contributed by atoms with Gasteiger partial charge >= 0.3 is 0 Å². The second-order valence-electron chi connectivity index (χ2n) is 4.91. The summed E-state index contributed by atoms with van der Waals surface area (Å²) in [5, 5.41) is 8.17. The van der Waals surface area contributed by atoms with Crippen LogP contribution in [0.25, 0.3) is 0 Å². The van der Waals surface area contributed by atoms with Crippen molar-refractivity contribution >= 4 is 5.91 Å². The minimum absolute atomic E-state index is 0.0619. The van der Waals surface area contributed by atoms with Gasteiger partial charge in [-0.15, -0.1) is 10.2 Å². The highest BCUT2D eigenvalue weighted by molar-refractivity contribution is 5.94. The molecule has 98 valence electrons. The number of nitrogens with zero attached hydrogens (tertiary/aromatic N) is 4. The topological polar surface area (TPSA) is 51.0 Å². The van der Waals surface area contributed by atoms with Crippen LogP contribution in [0.15, 0.2) is 24.3 Å². The lowest BCUT2D eigenvalue weighted by molar-refractivity contribution is 0.0706. The molecule has 1 aliphatic heterocycles. The van der Waals surface area contributed by atoms with Crippen LogP contribution in [-0.2, 0) is 13.1 Å². The molecule has 1 aromatic heterocycles. The fourth-order valence-electron chi connectivity index (χ4n) is 2.36. The molecule has 0 fully saturated rings. The van der Waals surface area contributed by atoms with Crippen molar-refractivity contribution < 1.29 is 4.79 Å². The van der Waals surface area contributed by atoms with Gasteiger partial charge in [0.15, 0.2) is 5.82 Å². The van der Waals surface area contributed by atoms with E-state index in [4.69, 9.17) is 0 Å². The fraction of sp³-hybridized carbons (Fsp3) is 0.357. The fourth-order valence-corrected chi connectivity index (χ4v) is 2.36. The van der Waals surface area contributed by atoms with Crippen molar-refractivity contribution in [1.29, 1.82) is 0 Å². The summed E-state index contributed by atoms with van der Waals surface area (Å²) in [5.41, 5.74) is 1.89.